The molecule has 0 bridgehead atoms. The van der Waals surface area contributed by atoms with Crippen molar-refractivity contribution in [2.45, 2.75) is 45.5 Å². The Hall–Kier alpha value is 0.660. The summed E-state index contributed by atoms with van der Waals surface area (Å²) in [5.41, 5.74) is 0. The van der Waals surface area contributed by atoms with E-state index in [0.717, 1.165) is 11.2 Å². The predicted octanol–water partition coefficient (Wildman–Crippen LogP) is 3.55. The lowest BCUT2D eigenvalue weighted by Gasteiger charge is -2.09. The maximum atomic E-state index is 5.38. The largest absolute Gasteiger partial charge is 0.367 e. The lowest BCUT2D eigenvalue weighted by Crippen LogP contribution is -2.00. The zero-order valence-electron chi connectivity index (χ0n) is 7.79. The average molecular weight is 194 g/mol. The standard InChI is InChI=1S/C8H18OS2/c1-5-8(4)11-10-6-9-7(2)3/h7-8H,5-6H2,1-4H3. The van der Waals surface area contributed by atoms with Gasteiger partial charge in [-0.15, -0.1) is 0 Å². The van der Waals surface area contributed by atoms with Crippen molar-refractivity contribution >= 4 is 21.6 Å². The number of ether oxygens (including phenoxy) is 1. The van der Waals surface area contributed by atoms with Gasteiger partial charge in [-0.05, 0) is 20.3 Å². The summed E-state index contributed by atoms with van der Waals surface area (Å²) < 4.78 is 5.38. The van der Waals surface area contributed by atoms with Gasteiger partial charge in [-0.2, -0.15) is 0 Å². The molecule has 0 saturated heterocycles. The first-order chi connectivity index (χ1) is 5.16. The highest BCUT2D eigenvalue weighted by Gasteiger charge is 1.99. The minimum atomic E-state index is 0.361. The Morgan fingerprint density at radius 3 is 2.36 bits per heavy atom. The molecule has 68 valence electrons. The van der Waals surface area contributed by atoms with Crippen molar-refractivity contribution in [1.29, 1.82) is 0 Å². The van der Waals surface area contributed by atoms with Crippen LogP contribution in [0.4, 0.5) is 0 Å². The van der Waals surface area contributed by atoms with E-state index in [1.165, 1.54) is 6.42 Å². The molecule has 0 heterocycles. The highest BCUT2D eigenvalue weighted by molar-refractivity contribution is 8.76. The van der Waals surface area contributed by atoms with Gasteiger partial charge >= 0.3 is 0 Å². The maximum Gasteiger partial charge on any atom is 0.102 e. The first-order valence-corrected chi connectivity index (χ1v) is 6.44. The Morgan fingerprint density at radius 2 is 1.91 bits per heavy atom. The summed E-state index contributed by atoms with van der Waals surface area (Å²) in [7, 11) is 3.72. The van der Waals surface area contributed by atoms with Gasteiger partial charge in [-0.25, -0.2) is 0 Å². The normalized spacial score (nSPS) is 13.9. The Balaban J connectivity index is 3.01. The second kappa shape index (κ2) is 7.32. The molecule has 3 heteroatoms. The molecule has 0 aromatic carbocycles. The minimum Gasteiger partial charge on any atom is -0.367 e. The molecule has 0 rings (SSSR count). The van der Waals surface area contributed by atoms with Crippen LogP contribution < -0.4 is 0 Å². The van der Waals surface area contributed by atoms with Crippen molar-refractivity contribution < 1.29 is 4.74 Å². The van der Waals surface area contributed by atoms with Crippen molar-refractivity contribution in [3.63, 3.8) is 0 Å². The third kappa shape index (κ3) is 8.57. The highest BCUT2D eigenvalue weighted by Crippen LogP contribution is 2.28. The number of hydrogen-bond acceptors (Lipinski definition) is 3. The van der Waals surface area contributed by atoms with Crippen LogP contribution in [0.15, 0.2) is 0 Å². The molecular weight excluding hydrogens is 176 g/mol. The number of hydrogen-bond donors (Lipinski definition) is 0. The van der Waals surface area contributed by atoms with E-state index in [2.05, 4.69) is 27.7 Å². The van der Waals surface area contributed by atoms with E-state index in [9.17, 15) is 0 Å². The molecule has 0 radical (unpaired) electrons. The van der Waals surface area contributed by atoms with Crippen LogP contribution in [0, 0.1) is 0 Å². The zero-order valence-corrected chi connectivity index (χ0v) is 9.43. The molecule has 0 aromatic heterocycles. The summed E-state index contributed by atoms with van der Waals surface area (Å²) in [5, 5.41) is 0.746. The molecule has 0 spiro atoms. The second-order valence-corrected chi connectivity index (χ2v) is 5.52. The lowest BCUT2D eigenvalue weighted by atomic mass is 10.4. The minimum absolute atomic E-state index is 0.361. The van der Waals surface area contributed by atoms with Crippen molar-refractivity contribution in [3.05, 3.63) is 0 Å². The molecule has 1 unspecified atom stereocenters. The van der Waals surface area contributed by atoms with Crippen LogP contribution in [-0.2, 0) is 4.74 Å². The fraction of sp³-hybridized carbons (Fsp3) is 1.00. The van der Waals surface area contributed by atoms with E-state index in [1.807, 2.05) is 21.6 Å². The molecule has 1 atom stereocenters. The van der Waals surface area contributed by atoms with Gasteiger partial charge in [0.05, 0.1) is 6.10 Å². The number of rotatable bonds is 6. The van der Waals surface area contributed by atoms with Gasteiger partial charge < -0.3 is 4.74 Å². The summed E-state index contributed by atoms with van der Waals surface area (Å²) in [4.78, 5) is 0. The van der Waals surface area contributed by atoms with E-state index in [-0.39, 0.29) is 0 Å². The maximum absolute atomic E-state index is 5.38. The summed E-state index contributed by atoms with van der Waals surface area (Å²) in [6, 6.07) is 0. The molecule has 0 aliphatic carbocycles. The van der Waals surface area contributed by atoms with Crippen LogP contribution in [-0.4, -0.2) is 17.3 Å². The molecular formula is C8H18OS2. The lowest BCUT2D eigenvalue weighted by molar-refractivity contribution is 0.121. The topological polar surface area (TPSA) is 9.23 Å². The van der Waals surface area contributed by atoms with Gasteiger partial charge in [0.1, 0.15) is 5.94 Å². The molecule has 0 aromatic rings. The molecule has 0 N–H and O–H groups in total. The van der Waals surface area contributed by atoms with Crippen LogP contribution in [0.3, 0.4) is 0 Å². The van der Waals surface area contributed by atoms with Crippen molar-refractivity contribution in [2.75, 3.05) is 5.94 Å². The van der Waals surface area contributed by atoms with Gasteiger partial charge in [0.25, 0.3) is 0 Å². The third-order valence-electron chi connectivity index (χ3n) is 1.26. The quantitative estimate of drug-likeness (QED) is 0.363. The van der Waals surface area contributed by atoms with Crippen molar-refractivity contribution in [2.24, 2.45) is 0 Å². The Bertz CT molecular complexity index is 86.2. The molecule has 0 aliphatic rings. The average Bonchev–Trinajstić information content (AvgIpc) is 1.97. The summed E-state index contributed by atoms with van der Waals surface area (Å²) >= 11 is 0. The van der Waals surface area contributed by atoms with Crippen LogP contribution in [0.2, 0.25) is 0 Å². The Morgan fingerprint density at radius 1 is 1.27 bits per heavy atom. The van der Waals surface area contributed by atoms with E-state index < -0.39 is 0 Å². The van der Waals surface area contributed by atoms with E-state index in [1.54, 1.807) is 0 Å². The first-order valence-electron chi connectivity index (χ1n) is 4.06. The van der Waals surface area contributed by atoms with Crippen LogP contribution in [0.5, 0.6) is 0 Å². The zero-order chi connectivity index (χ0) is 8.69. The van der Waals surface area contributed by atoms with E-state index in [4.69, 9.17) is 4.74 Å². The van der Waals surface area contributed by atoms with Crippen molar-refractivity contribution in [3.8, 4) is 0 Å². The first kappa shape index (κ1) is 11.7. The summed E-state index contributed by atoms with van der Waals surface area (Å²) in [5.74, 6) is 0.812. The second-order valence-electron chi connectivity index (χ2n) is 2.77. The summed E-state index contributed by atoms with van der Waals surface area (Å²) in [6.07, 6.45) is 1.60. The van der Waals surface area contributed by atoms with Gasteiger partial charge in [-0.3, -0.25) is 0 Å². The highest BCUT2D eigenvalue weighted by atomic mass is 33.1. The molecule has 0 amide bonds. The Labute approximate surface area is 78.1 Å². The van der Waals surface area contributed by atoms with Crippen LogP contribution >= 0.6 is 21.6 Å². The monoisotopic (exact) mass is 194 g/mol. The fourth-order valence-electron chi connectivity index (χ4n) is 0.376. The van der Waals surface area contributed by atoms with E-state index in [0.29, 0.717) is 6.10 Å². The third-order valence-corrected chi connectivity index (χ3v) is 3.97. The molecule has 1 nitrogen and oxygen atoms in total. The van der Waals surface area contributed by atoms with Crippen LogP contribution in [0.1, 0.15) is 34.1 Å². The molecule has 0 saturated carbocycles. The summed E-state index contributed by atoms with van der Waals surface area (Å²) in [6.45, 7) is 8.58. The molecule has 0 fully saturated rings. The van der Waals surface area contributed by atoms with Crippen LogP contribution in [0.25, 0.3) is 0 Å². The SMILES string of the molecule is CCC(C)SSCOC(C)C. The van der Waals surface area contributed by atoms with E-state index >= 15 is 0 Å². The smallest absolute Gasteiger partial charge is 0.102 e. The molecule has 11 heavy (non-hydrogen) atoms. The van der Waals surface area contributed by atoms with Gasteiger partial charge in [0.2, 0.25) is 0 Å². The van der Waals surface area contributed by atoms with Gasteiger partial charge in [0, 0.05) is 5.25 Å². The Kier molecular flexibility index (Phi) is 7.76. The van der Waals surface area contributed by atoms with Gasteiger partial charge in [0.15, 0.2) is 0 Å². The fourth-order valence-corrected chi connectivity index (χ4v) is 2.57. The van der Waals surface area contributed by atoms with Gasteiger partial charge in [-0.1, -0.05) is 35.4 Å². The molecule has 0 aliphatic heterocycles. The van der Waals surface area contributed by atoms with Crippen molar-refractivity contribution in [1.82, 2.24) is 0 Å². The predicted molar refractivity (Wildman–Crippen MR) is 56.0 cm³/mol.